The first kappa shape index (κ1) is 21.0. The summed E-state index contributed by atoms with van der Waals surface area (Å²) in [6.07, 6.45) is 3.99. The van der Waals surface area contributed by atoms with E-state index in [-0.39, 0.29) is 5.91 Å². The predicted molar refractivity (Wildman–Crippen MR) is 125 cm³/mol. The van der Waals surface area contributed by atoms with Crippen LogP contribution in [0.4, 0.5) is 0 Å². The van der Waals surface area contributed by atoms with E-state index >= 15 is 0 Å². The van der Waals surface area contributed by atoms with Gasteiger partial charge in [-0.05, 0) is 43.2 Å². The SMILES string of the molecule is COc1ccc(Cl)cc1CN1CCN(C(=O)c2cnn(-c3ccccc3)c2C2CC2)CC1. The van der Waals surface area contributed by atoms with Crippen molar-refractivity contribution in [2.75, 3.05) is 33.3 Å². The number of methoxy groups -OCH3 is 1. The fourth-order valence-corrected chi connectivity index (χ4v) is 4.63. The molecule has 1 aliphatic heterocycles. The maximum atomic E-state index is 13.4. The molecule has 1 aromatic heterocycles. The molecule has 1 aliphatic carbocycles. The van der Waals surface area contributed by atoms with Crippen molar-refractivity contribution in [2.45, 2.75) is 25.3 Å². The molecule has 0 N–H and O–H groups in total. The number of carbonyl (C=O) groups is 1. The van der Waals surface area contributed by atoms with Crippen LogP contribution in [0.5, 0.6) is 5.75 Å². The Balaban J connectivity index is 1.28. The number of halogens is 1. The lowest BCUT2D eigenvalue weighted by Gasteiger charge is -2.35. The molecular formula is C25H27ClN4O2. The third-order valence-corrected chi connectivity index (χ3v) is 6.53. The zero-order chi connectivity index (χ0) is 22.1. The molecular weight excluding hydrogens is 424 g/mol. The lowest BCUT2D eigenvalue weighted by molar-refractivity contribution is 0.0626. The molecule has 0 atom stereocenters. The van der Waals surface area contributed by atoms with E-state index in [1.807, 2.05) is 58.1 Å². The zero-order valence-electron chi connectivity index (χ0n) is 18.2. The summed E-state index contributed by atoms with van der Waals surface area (Å²) in [5, 5.41) is 5.30. The fraction of sp³-hybridized carbons (Fsp3) is 0.360. The number of rotatable bonds is 6. The summed E-state index contributed by atoms with van der Waals surface area (Å²) < 4.78 is 7.43. The normalized spacial score (nSPS) is 16.9. The third-order valence-electron chi connectivity index (χ3n) is 6.30. The maximum absolute atomic E-state index is 13.4. The molecule has 1 saturated heterocycles. The van der Waals surface area contributed by atoms with Gasteiger partial charge in [-0.2, -0.15) is 5.10 Å². The second-order valence-corrected chi connectivity index (χ2v) is 8.93. The summed E-state index contributed by atoms with van der Waals surface area (Å²) in [5.41, 5.74) is 3.89. The molecule has 6 nitrogen and oxygen atoms in total. The minimum absolute atomic E-state index is 0.0917. The second-order valence-electron chi connectivity index (χ2n) is 8.49. The zero-order valence-corrected chi connectivity index (χ0v) is 19.0. The summed E-state index contributed by atoms with van der Waals surface area (Å²) in [4.78, 5) is 17.7. The van der Waals surface area contributed by atoms with E-state index in [9.17, 15) is 4.79 Å². The quantitative estimate of drug-likeness (QED) is 0.559. The Hall–Kier alpha value is -2.83. The van der Waals surface area contributed by atoms with Crippen molar-refractivity contribution < 1.29 is 9.53 Å². The summed E-state index contributed by atoms with van der Waals surface area (Å²) in [5.74, 6) is 1.36. The Morgan fingerprint density at radius 1 is 1.09 bits per heavy atom. The van der Waals surface area contributed by atoms with Gasteiger partial charge in [0.15, 0.2) is 0 Å². The number of piperazine rings is 1. The number of para-hydroxylation sites is 1. The molecule has 3 aromatic rings. The monoisotopic (exact) mass is 450 g/mol. The van der Waals surface area contributed by atoms with Gasteiger partial charge in [0.05, 0.1) is 30.3 Å². The Morgan fingerprint density at radius 3 is 2.53 bits per heavy atom. The van der Waals surface area contributed by atoms with Crippen molar-refractivity contribution in [3.63, 3.8) is 0 Å². The molecule has 2 aromatic carbocycles. The van der Waals surface area contributed by atoms with Crippen LogP contribution in [0.1, 0.15) is 40.4 Å². The summed E-state index contributed by atoms with van der Waals surface area (Å²) >= 11 is 6.18. The highest BCUT2D eigenvalue weighted by molar-refractivity contribution is 6.30. The highest BCUT2D eigenvalue weighted by Crippen LogP contribution is 2.42. The summed E-state index contributed by atoms with van der Waals surface area (Å²) in [6, 6.07) is 15.8. The molecule has 1 saturated carbocycles. The highest BCUT2D eigenvalue weighted by atomic mass is 35.5. The smallest absolute Gasteiger partial charge is 0.257 e. The molecule has 0 bridgehead atoms. The third kappa shape index (κ3) is 4.25. The predicted octanol–water partition coefficient (Wildman–Crippen LogP) is 4.37. The van der Waals surface area contributed by atoms with Crippen LogP contribution in [0, 0.1) is 0 Å². The van der Waals surface area contributed by atoms with Crippen LogP contribution < -0.4 is 4.74 Å². The van der Waals surface area contributed by atoms with E-state index in [4.69, 9.17) is 16.3 Å². The largest absolute Gasteiger partial charge is 0.496 e. The number of ether oxygens (including phenoxy) is 1. The molecule has 5 rings (SSSR count). The van der Waals surface area contributed by atoms with E-state index in [1.165, 1.54) is 0 Å². The Morgan fingerprint density at radius 2 is 1.84 bits per heavy atom. The molecule has 2 fully saturated rings. The van der Waals surface area contributed by atoms with Gasteiger partial charge in [0.2, 0.25) is 0 Å². The standard InChI is InChI=1S/C25H27ClN4O2/c1-32-23-10-9-20(26)15-19(23)17-28-11-13-29(14-12-28)25(31)22-16-27-30(24(22)18-7-8-18)21-5-3-2-4-6-21/h2-6,9-10,15-16,18H,7-8,11-14,17H2,1H3. The van der Waals surface area contributed by atoms with Crippen LogP contribution in [0.3, 0.4) is 0 Å². The van der Waals surface area contributed by atoms with Gasteiger partial charge < -0.3 is 9.64 Å². The molecule has 1 amide bonds. The highest BCUT2D eigenvalue weighted by Gasteiger charge is 2.35. The number of benzene rings is 2. The number of carbonyl (C=O) groups excluding carboxylic acids is 1. The van der Waals surface area contributed by atoms with Crippen LogP contribution in [0.25, 0.3) is 5.69 Å². The van der Waals surface area contributed by atoms with Gasteiger partial charge in [0.25, 0.3) is 5.91 Å². The van der Waals surface area contributed by atoms with Gasteiger partial charge in [-0.15, -0.1) is 0 Å². The summed E-state index contributed by atoms with van der Waals surface area (Å²) in [6.45, 7) is 3.77. The van der Waals surface area contributed by atoms with Crippen LogP contribution in [-0.4, -0.2) is 58.8 Å². The van der Waals surface area contributed by atoms with Gasteiger partial charge in [0, 0.05) is 49.2 Å². The maximum Gasteiger partial charge on any atom is 0.257 e. The topological polar surface area (TPSA) is 50.6 Å². The number of nitrogens with zero attached hydrogens (tertiary/aromatic N) is 4. The average molecular weight is 451 g/mol. The first-order chi connectivity index (χ1) is 15.6. The van der Waals surface area contributed by atoms with Gasteiger partial charge >= 0.3 is 0 Å². The van der Waals surface area contributed by atoms with E-state index in [0.29, 0.717) is 24.0 Å². The van der Waals surface area contributed by atoms with E-state index in [1.54, 1.807) is 13.3 Å². The molecule has 32 heavy (non-hydrogen) atoms. The second kappa shape index (κ2) is 8.96. The average Bonchev–Trinajstić information content (AvgIpc) is 3.57. The van der Waals surface area contributed by atoms with Crippen molar-refractivity contribution in [1.29, 1.82) is 0 Å². The van der Waals surface area contributed by atoms with Gasteiger partial charge in [-0.1, -0.05) is 29.8 Å². The Bertz CT molecular complexity index is 1100. The first-order valence-corrected chi connectivity index (χ1v) is 11.5. The number of amides is 1. The van der Waals surface area contributed by atoms with E-state index in [0.717, 1.165) is 60.7 Å². The summed E-state index contributed by atoms with van der Waals surface area (Å²) in [7, 11) is 1.68. The molecule has 166 valence electrons. The lowest BCUT2D eigenvalue weighted by atomic mass is 10.1. The van der Waals surface area contributed by atoms with Gasteiger partial charge in [0.1, 0.15) is 5.75 Å². The Kier molecular flexibility index (Phi) is 5.89. The molecule has 0 spiro atoms. The van der Waals surface area contributed by atoms with Crippen molar-refractivity contribution in [3.8, 4) is 11.4 Å². The molecule has 0 unspecified atom stereocenters. The molecule has 2 aliphatic rings. The Labute approximate surface area is 193 Å². The number of hydrogen-bond acceptors (Lipinski definition) is 4. The van der Waals surface area contributed by atoms with Crippen LogP contribution in [0.15, 0.2) is 54.7 Å². The van der Waals surface area contributed by atoms with Crippen LogP contribution in [0.2, 0.25) is 5.02 Å². The van der Waals surface area contributed by atoms with Gasteiger partial charge in [-0.25, -0.2) is 4.68 Å². The number of aromatic nitrogens is 2. The van der Waals surface area contributed by atoms with Crippen molar-refractivity contribution in [3.05, 3.63) is 76.6 Å². The van der Waals surface area contributed by atoms with Crippen molar-refractivity contribution in [1.82, 2.24) is 19.6 Å². The minimum atomic E-state index is 0.0917. The van der Waals surface area contributed by atoms with Gasteiger partial charge in [-0.3, -0.25) is 9.69 Å². The minimum Gasteiger partial charge on any atom is -0.496 e. The van der Waals surface area contributed by atoms with E-state index in [2.05, 4.69) is 10.00 Å². The lowest BCUT2D eigenvalue weighted by Crippen LogP contribution is -2.48. The van der Waals surface area contributed by atoms with E-state index < -0.39 is 0 Å². The molecule has 2 heterocycles. The fourth-order valence-electron chi connectivity index (χ4n) is 4.44. The van der Waals surface area contributed by atoms with Crippen LogP contribution in [-0.2, 0) is 6.54 Å². The number of hydrogen-bond donors (Lipinski definition) is 0. The van der Waals surface area contributed by atoms with Crippen molar-refractivity contribution >= 4 is 17.5 Å². The molecule has 0 radical (unpaired) electrons. The van der Waals surface area contributed by atoms with Crippen LogP contribution >= 0.6 is 11.6 Å². The first-order valence-electron chi connectivity index (χ1n) is 11.1. The van der Waals surface area contributed by atoms with Crippen molar-refractivity contribution in [2.24, 2.45) is 0 Å². The molecule has 7 heteroatoms.